The molecule has 1 aliphatic heterocycles. The molecule has 1 saturated heterocycles. The summed E-state index contributed by atoms with van der Waals surface area (Å²) in [5.74, 6) is 1.10. The third-order valence-corrected chi connectivity index (χ3v) is 7.59. The number of carbonyl (C=O) groups is 2. The summed E-state index contributed by atoms with van der Waals surface area (Å²) < 4.78 is 5.45. The molecule has 2 amide bonds. The Morgan fingerprint density at radius 1 is 1.06 bits per heavy atom. The van der Waals surface area contributed by atoms with Crippen LogP contribution in [0.25, 0.3) is 21.8 Å². The minimum atomic E-state index is -0.0513. The van der Waals surface area contributed by atoms with Gasteiger partial charge in [0, 0.05) is 30.1 Å². The first kappa shape index (κ1) is 22.3. The number of nitrogens with zero attached hydrogens (tertiary/aromatic N) is 3. The smallest absolute Gasteiger partial charge is 0.264 e. The van der Waals surface area contributed by atoms with Crippen LogP contribution in [0.15, 0.2) is 47.1 Å². The van der Waals surface area contributed by atoms with Crippen LogP contribution in [0, 0.1) is 20.8 Å². The number of aromatic nitrogens is 2. The lowest BCUT2D eigenvalue weighted by atomic mass is 10.0. The minimum Gasteiger partial charge on any atom is -0.461 e. The van der Waals surface area contributed by atoms with Gasteiger partial charge < -0.3 is 14.6 Å². The molecular weight excluding hydrogens is 448 g/mol. The molecule has 7 nitrogen and oxygen atoms in total. The molecule has 3 aromatic heterocycles. The molecule has 34 heavy (non-hydrogen) atoms. The summed E-state index contributed by atoms with van der Waals surface area (Å²) >= 11 is 1.41. The van der Waals surface area contributed by atoms with Crippen molar-refractivity contribution in [1.29, 1.82) is 0 Å². The first-order valence-electron chi connectivity index (χ1n) is 11.4. The van der Waals surface area contributed by atoms with E-state index in [1.807, 2.05) is 56.0 Å². The van der Waals surface area contributed by atoms with Crippen LogP contribution >= 0.6 is 11.3 Å². The highest BCUT2D eigenvalue weighted by molar-refractivity contribution is 7.20. The number of nitrogens with one attached hydrogen (secondary N) is 1. The number of furan rings is 1. The van der Waals surface area contributed by atoms with Gasteiger partial charge in [0.2, 0.25) is 0 Å². The van der Waals surface area contributed by atoms with Gasteiger partial charge in [0.15, 0.2) is 11.6 Å². The number of hydrogen-bond acceptors (Lipinski definition) is 6. The van der Waals surface area contributed by atoms with Crippen molar-refractivity contribution in [3.8, 4) is 11.6 Å². The van der Waals surface area contributed by atoms with E-state index in [1.54, 1.807) is 12.3 Å². The summed E-state index contributed by atoms with van der Waals surface area (Å²) in [6.45, 7) is 7.05. The summed E-state index contributed by atoms with van der Waals surface area (Å²) in [7, 11) is 0. The highest BCUT2D eigenvalue weighted by atomic mass is 32.1. The standard InChI is InChI=1S/C26H26N4O3S/c1-15-7-4-5-8-19(15)24(31)28-18-10-12-30(13-11-18)26(32)22-16(2)21-17(3)27-23(29-25(21)34-22)20-9-6-14-33-20/h4-9,14,18H,10-13H2,1-3H3,(H,28,31). The van der Waals surface area contributed by atoms with Crippen LogP contribution in [-0.4, -0.2) is 45.8 Å². The molecule has 0 aliphatic carbocycles. The van der Waals surface area contributed by atoms with Gasteiger partial charge in [-0.05, 0) is 62.9 Å². The molecule has 4 heterocycles. The van der Waals surface area contributed by atoms with E-state index in [4.69, 9.17) is 4.42 Å². The third-order valence-electron chi connectivity index (χ3n) is 6.41. The van der Waals surface area contributed by atoms with E-state index in [9.17, 15) is 9.59 Å². The Balaban J connectivity index is 1.29. The number of piperidine rings is 1. The van der Waals surface area contributed by atoms with Crippen LogP contribution in [0.1, 0.15) is 49.7 Å². The van der Waals surface area contributed by atoms with Gasteiger partial charge in [0.25, 0.3) is 11.8 Å². The number of benzene rings is 1. The fourth-order valence-electron chi connectivity index (χ4n) is 4.52. The average molecular weight is 475 g/mol. The van der Waals surface area contributed by atoms with Crippen LogP contribution in [0.2, 0.25) is 0 Å². The second-order valence-corrected chi connectivity index (χ2v) is 9.70. The zero-order valence-electron chi connectivity index (χ0n) is 19.4. The Hall–Kier alpha value is -3.52. The molecule has 1 N–H and O–H groups in total. The SMILES string of the molecule is Cc1ccccc1C(=O)NC1CCN(C(=O)c2sc3nc(-c4ccco4)nc(C)c3c2C)CC1. The van der Waals surface area contributed by atoms with Crippen molar-refractivity contribution in [2.24, 2.45) is 0 Å². The molecule has 0 spiro atoms. The Bertz CT molecular complexity index is 1370. The van der Waals surface area contributed by atoms with Gasteiger partial charge in [-0.3, -0.25) is 9.59 Å². The molecule has 0 atom stereocenters. The molecule has 1 aliphatic rings. The molecule has 0 bridgehead atoms. The number of fused-ring (bicyclic) bond motifs is 1. The largest absolute Gasteiger partial charge is 0.461 e. The van der Waals surface area contributed by atoms with Crippen molar-refractivity contribution in [3.63, 3.8) is 0 Å². The molecular formula is C26H26N4O3S. The minimum absolute atomic E-state index is 0.0168. The number of thiophene rings is 1. The predicted molar refractivity (Wildman–Crippen MR) is 132 cm³/mol. The molecule has 0 unspecified atom stereocenters. The van der Waals surface area contributed by atoms with Crippen LogP contribution in [0.4, 0.5) is 0 Å². The second-order valence-electron chi connectivity index (χ2n) is 8.70. The van der Waals surface area contributed by atoms with Crippen molar-refractivity contribution < 1.29 is 14.0 Å². The van der Waals surface area contributed by atoms with E-state index in [1.165, 1.54) is 11.3 Å². The Morgan fingerprint density at radius 3 is 2.53 bits per heavy atom. The molecule has 0 saturated carbocycles. The van der Waals surface area contributed by atoms with Gasteiger partial charge in [0.05, 0.1) is 16.8 Å². The van der Waals surface area contributed by atoms with Crippen molar-refractivity contribution >= 4 is 33.4 Å². The summed E-state index contributed by atoms with van der Waals surface area (Å²) in [4.78, 5) is 38.7. The molecule has 0 radical (unpaired) electrons. The fourth-order valence-corrected chi connectivity index (χ4v) is 5.72. The zero-order chi connectivity index (χ0) is 23.8. The lowest BCUT2D eigenvalue weighted by Crippen LogP contribution is -2.46. The first-order valence-corrected chi connectivity index (χ1v) is 12.2. The van der Waals surface area contributed by atoms with Crippen molar-refractivity contribution in [3.05, 3.63) is 69.9 Å². The lowest BCUT2D eigenvalue weighted by molar-refractivity contribution is 0.0702. The van der Waals surface area contributed by atoms with Crippen LogP contribution in [-0.2, 0) is 0 Å². The monoisotopic (exact) mass is 474 g/mol. The van der Waals surface area contributed by atoms with Gasteiger partial charge in [-0.2, -0.15) is 0 Å². The lowest BCUT2D eigenvalue weighted by Gasteiger charge is -2.32. The fraction of sp³-hybridized carbons (Fsp3) is 0.308. The molecule has 1 aromatic carbocycles. The zero-order valence-corrected chi connectivity index (χ0v) is 20.2. The Morgan fingerprint density at radius 2 is 1.82 bits per heavy atom. The Kier molecular flexibility index (Phi) is 5.91. The average Bonchev–Trinajstić information content (AvgIpc) is 3.48. The quantitative estimate of drug-likeness (QED) is 0.454. The van der Waals surface area contributed by atoms with Gasteiger partial charge in [-0.15, -0.1) is 11.3 Å². The van der Waals surface area contributed by atoms with E-state index >= 15 is 0 Å². The number of carbonyl (C=O) groups excluding carboxylic acids is 2. The van der Waals surface area contributed by atoms with Gasteiger partial charge in [-0.1, -0.05) is 18.2 Å². The predicted octanol–water partition coefficient (Wildman–Crippen LogP) is 4.91. The number of aryl methyl sites for hydroxylation is 3. The normalized spacial score (nSPS) is 14.5. The number of likely N-dealkylation sites (tertiary alicyclic amines) is 1. The first-order chi connectivity index (χ1) is 16.4. The molecule has 4 aromatic rings. The van der Waals surface area contributed by atoms with E-state index in [0.717, 1.165) is 39.9 Å². The number of amides is 2. The van der Waals surface area contributed by atoms with E-state index in [0.29, 0.717) is 35.1 Å². The third kappa shape index (κ3) is 4.09. The summed E-state index contributed by atoms with van der Waals surface area (Å²) in [6.07, 6.45) is 3.06. The van der Waals surface area contributed by atoms with Gasteiger partial charge in [0.1, 0.15) is 4.83 Å². The number of rotatable bonds is 4. The molecule has 8 heteroatoms. The highest BCUT2D eigenvalue weighted by Gasteiger charge is 2.28. The van der Waals surface area contributed by atoms with E-state index in [-0.39, 0.29) is 17.9 Å². The van der Waals surface area contributed by atoms with E-state index < -0.39 is 0 Å². The maximum atomic E-state index is 13.4. The maximum Gasteiger partial charge on any atom is 0.264 e. The van der Waals surface area contributed by atoms with Crippen LogP contribution < -0.4 is 5.32 Å². The molecule has 1 fully saturated rings. The summed E-state index contributed by atoms with van der Waals surface area (Å²) in [5, 5.41) is 4.07. The second kappa shape index (κ2) is 9.02. The van der Waals surface area contributed by atoms with Crippen molar-refractivity contribution in [2.75, 3.05) is 13.1 Å². The molecule has 174 valence electrons. The van der Waals surface area contributed by atoms with Crippen LogP contribution in [0.3, 0.4) is 0 Å². The Labute approximate surface area is 201 Å². The van der Waals surface area contributed by atoms with Gasteiger partial charge in [-0.25, -0.2) is 9.97 Å². The summed E-state index contributed by atoms with van der Waals surface area (Å²) in [6, 6.07) is 11.3. The molecule has 5 rings (SSSR count). The van der Waals surface area contributed by atoms with Crippen LogP contribution in [0.5, 0.6) is 0 Å². The topological polar surface area (TPSA) is 88.3 Å². The van der Waals surface area contributed by atoms with E-state index in [2.05, 4.69) is 15.3 Å². The highest BCUT2D eigenvalue weighted by Crippen LogP contribution is 2.34. The van der Waals surface area contributed by atoms with Gasteiger partial charge >= 0.3 is 0 Å². The number of hydrogen-bond donors (Lipinski definition) is 1. The van der Waals surface area contributed by atoms with Crippen molar-refractivity contribution in [2.45, 2.75) is 39.7 Å². The van der Waals surface area contributed by atoms with Crippen molar-refractivity contribution in [1.82, 2.24) is 20.2 Å². The maximum absolute atomic E-state index is 13.4. The summed E-state index contributed by atoms with van der Waals surface area (Å²) in [5.41, 5.74) is 3.42.